The van der Waals surface area contributed by atoms with Gasteiger partial charge >= 0.3 is 0 Å². The van der Waals surface area contributed by atoms with Gasteiger partial charge in [-0.2, -0.15) is 0 Å². The van der Waals surface area contributed by atoms with E-state index in [1.54, 1.807) is 0 Å². The number of fused-ring (bicyclic) bond motifs is 1. The summed E-state index contributed by atoms with van der Waals surface area (Å²) in [5, 5.41) is 10.9. The number of hydrogen-bond acceptors (Lipinski definition) is 2. The van der Waals surface area contributed by atoms with E-state index in [0.29, 0.717) is 0 Å². The molecule has 0 saturated heterocycles. The lowest BCUT2D eigenvalue weighted by Crippen LogP contribution is -2.33. The van der Waals surface area contributed by atoms with Crippen molar-refractivity contribution in [2.45, 2.75) is 31.2 Å². The van der Waals surface area contributed by atoms with E-state index in [0.717, 1.165) is 23.9 Å². The molecule has 3 heteroatoms. The topological polar surface area (TPSA) is 38.0 Å². The summed E-state index contributed by atoms with van der Waals surface area (Å²) in [6, 6.07) is 6.10. The standard InChI is InChI=1S/C13H16N2O/c16-10-13(6-1-2-7-13)15-9-5-11-4-3-8-14-12(11)15/h3-5,8-9,16H,1-2,6-7,10H2. The zero-order valence-electron chi connectivity index (χ0n) is 9.26. The molecule has 0 spiro atoms. The van der Waals surface area contributed by atoms with Crippen LogP contribution in [-0.4, -0.2) is 21.3 Å². The van der Waals surface area contributed by atoms with Gasteiger partial charge in [0.25, 0.3) is 0 Å². The lowest BCUT2D eigenvalue weighted by molar-refractivity contribution is 0.140. The van der Waals surface area contributed by atoms with E-state index >= 15 is 0 Å². The molecule has 1 aliphatic rings. The Labute approximate surface area is 94.7 Å². The van der Waals surface area contributed by atoms with Gasteiger partial charge in [0.05, 0.1) is 12.1 Å². The maximum atomic E-state index is 9.70. The van der Waals surface area contributed by atoms with Crippen LogP contribution >= 0.6 is 0 Å². The van der Waals surface area contributed by atoms with Crippen LogP contribution in [0.15, 0.2) is 30.6 Å². The highest BCUT2D eigenvalue weighted by atomic mass is 16.3. The average Bonchev–Trinajstić information content (AvgIpc) is 2.96. The molecular formula is C13H16N2O. The van der Waals surface area contributed by atoms with Crippen molar-refractivity contribution >= 4 is 11.0 Å². The average molecular weight is 216 g/mol. The van der Waals surface area contributed by atoms with E-state index < -0.39 is 0 Å². The molecule has 0 amide bonds. The Morgan fingerprint density at radius 3 is 2.88 bits per heavy atom. The van der Waals surface area contributed by atoms with Crippen molar-refractivity contribution in [1.29, 1.82) is 0 Å². The molecule has 1 N–H and O–H groups in total. The summed E-state index contributed by atoms with van der Waals surface area (Å²) >= 11 is 0. The molecule has 1 fully saturated rings. The smallest absolute Gasteiger partial charge is 0.140 e. The van der Waals surface area contributed by atoms with Crippen molar-refractivity contribution in [3.8, 4) is 0 Å². The highest BCUT2D eigenvalue weighted by Gasteiger charge is 2.35. The Hall–Kier alpha value is -1.35. The Balaban J connectivity index is 2.17. The quantitative estimate of drug-likeness (QED) is 0.836. The van der Waals surface area contributed by atoms with Crippen molar-refractivity contribution < 1.29 is 5.11 Å². The summed E-state index contributed by atoms with van der Waals surface area (Å²) in [6.45, 7) is 0.216. The van der Waals surface area contributed by atoms with Crippen molar-refractivity contribution in [3.63, 3.8) is 0 Å². The van der Waals surface area contributed by atoms with Gasteiger partial charge in [-0.25, -0.2) is 4.98 Å². The molecule has 16 heavy (non-hydrogen) atoms. The number of aliphatic hydroxyl groups excluding tert-OH is 1. The van der Waals surface area contributed by atoms with Crippen LogP contribution in [0.4, 0.5) is 0 Å². The first-order chi connectivity index (χ1) is 7.86. The van der Waals surface area contributed by atoms with Crippen LogP contribution in [-0.2, 0) is 5.54 Å². The van der Waals surface area contributed by atoms with Crippen LogP contribution < -0.4 is 0 Å². The van der Waals surface area contributed by atoms with Crippen LogP contribution in [0.25, 0.3) is 11.0 Å². The van der Waals surface area contributed by atoms with Gasteiger partial charge in [-0.05, 0) is 31.0 Å². The number of pyridine rings is 1. The molecule has 0 aromatic carbocycles. The van der Waals surface area contributed by atoms with E-state index in [1.165, 1.54) is 12.8 Å². The maximum absolute atomic E-state index is 9.70. The molecule has 2 aromatic rings. The van der Waals surface area contributed by atoms with E-state index in [9.17, 15) is 5.11 Å². The molecule has 0 bridgehead atoms. The Morgan fingerprint density at radius 1 is 1.31 bits per heavy atom. The summed E-state index contributed by atoms with van der Waals surface area (Å²) in [4.78, 5) is 4.43. The van der Waals surface area contributed by atoms with Crippen LogP contribution in [0.3, 0.4) is 0 Å². The van der Waals surface area contributed by atoms with Gasteiger partial charge in [-0.3, -0.25) is 0 Å². The lowest BCUT2D eigenvalue weighted by Gasteiger charge is -2.29. The SMILES string of the molecule is OCC1(n2ccc3cccnc32)CCCC1. The molecule has 0 unspecified atom stereocenters. The van der Waals surface area contributed by atoms with Crippen LogP contribution in [0, 0.1) is 0 Å². The van der Waals surface area contributed by atoms with Crippen LogP contribution in [0.2, 0.25) is 0 Å². The highest BCUT2D eigenvalue weighted by Crippen LogP contribution is 2.38. The monoisotopic (exact) mass is 216 g/mol. The van der Waals surface area contributed by atoms with Gasteiger partial charge < -0.3 is 9.67 Å². The number of aromatic nitrogens is 2. The molecule has 2 heterocycles. The fourth-order valence-corrected chi connectivity index (χ4v) is 2.86. The minimum atomic E-state index is -0.101. The van der Waals surface area contributed by atoms with Gasteiger partial charge in [0, 0.05) is 17.8 Å². The Morgan fingerprint density at radius 2 is 2.12 bits per heavy atom. The first kappa shape index (κ1) is 9.85. The first-order valence-electron chi connectivity index (χ1n) is 5.89. The van der Waals surface area contributed by atoms with Gasteiger partial charge in [0.2, 0.25) is 0 Å². The van der Waals surface area contributed by atoms with Crippen LogP contribution in [0.5, 0.6) is 0 Å². The second-order valence-electron chi connectivity index (χ2n) is 4.69. The van der Waals surface area contributed by atoms with Gasteiger partial charge in [-0.1, -0.05) is 12.8 Å². The third-order valence-corrected chi connectivity index (χ3v) is 3.79. The fraction of sp³-hybridized carbons (Fsp3) is 0.462. The molecule has 84 valence electrons. The molecule has 2 aromatic heterocycles. The van der Waals surface area contributed by atoms with Crippen molar-refractivity contribution in [1.82, 2.24) is 9.55 Å². The number of hydrogen-bond donors (Lipinski definition) is 1. The summed E-state index contributed by atoms with van der Waals surface area (Å²) in [7, 11) is 0. The van der Waals surface area contributed by atoms with E-state index in [4.69, 9.17) is 0 Å². The van der Waals surface area contributed by atoms with E-state index in [-0.39, 0.29) is 12.1 Å². The van der Waals surface area contributed by atoms with Crippen molar-refractivity contribution in [2.24, 2.45) is 0 Å². The van der Waals surface area contributed by atoms with Gasteiger partial charge in [0.15, 0.2) is 0 Å². The number of aliphatic hydroxyl groups is 1. The van der Waals surface area contributed by atoms with Gasteiger partial charge in [-0.15, -0.1) is 0 Å². The normalized spacial score (nSPS) is 19.3. The third-order valence-electron chi connectivity index (χ3n) is 3.79. The summed E-state index contributed by atoms with van der Waals surface area (Å²) in [5.74, 6) is 0. The fourth-order valence-electron chi connectivity index (χ4n) is 2.86. The minimum Gasteiger partial charge on any atom is -0.394 e. The summed E-state index contributed by atoms with van der Waals surface area (Å²) in [6.07, 6.45) is 8.41. The Kier molecular flexibility index (Phi) is 2.21. The molecule has 3 nitrogen and oxygen atoms in total. The van der Waals surface area contributed by atoms with Crippen molar-refractivity contribution in [2.75, 3.05) is 6.61 Å². The number of rotatable bonds is 2. The highest BCUT2D eigenvalue weighted by molar-refractivity contribution is 5.76. The second kappa shape index (κ2) is 3.59. The zero-order chi connectivity index (χ0) is 11.0. The summed E-state index contributed by atoms with van der Waals surface area (Å²) in [5.41, 5.74) is 0.897. The molecular weight excluding hydrogens is 200 g/mol. The summed E-state index contributed by atoms with van der Waals surface area (Å²) < 4.78 is 2.18. The molecule has 1 aliphatic carbocycles. The predicted octanol–water partition coefficient (Wildman–Crippen LogP) is 2.30. The molecule has 0 aliphatic heterocycles. The lowest BCUT2D eigenvalue weighted by atomic mass is 9.99. The second-order valence-corrected chi connectivity index (χ2v) is 4.69. The minimum absolute atomic E-state index is 0.101. The van der Waals surface area contributed by atoms with Crippen molar-refractivity contribution in [3.05, 3.63) is 30.6 Å². The first-order valence-corrected chi connectivity index (χ1v) is 5.89. The van der Waals surface area contributed by atoms with E-state index in [1.807, 2.05) is 12.3 Å². The zero-order valence-corrected chi connectivity index (χ0v) is 9.26. The van der Waals surface area contributed by atoms with Gasteiger partial charge in [0.1, 0.15) is 5.65 Å². The molecule has 0 atom stereocenters. The van der Waals surface area contributed by atoms with E-state index in [2.05, 4.69) is 27.9 Å². The van der Waals surface area contributed by atoms with Crippen LogP contribution in [0.1, 0.15) is 25.7 Å². The molecule has 0 radical (unpaired) electrons. The largest absolute Gasteiger partial charge is 0.394 e. The molecule has 3 rings (SSSR count). The number of nitrogens with zero attached hydrogens (tertiary/aromatic N) is 2. The third kappa shape index (κ3) is 1.28. The Bertz CT molecular complexity index is 497. The maximum Gasteiger partial charge on any atom is 0.140 e. The molecule has 1 saturated carbocycles. The predicted molar refractivity (Wildman–Crippen MR) is 63.3 cm³/mol.